The molecule has 0 fully saturated rings. The molecule has 150 valence electrons. The molecule has 1 heterocycles. The third kappa shape index (κ3) is 3.82. The SMILES string of the molecule is COc1ccc(-n2c(/C=C/c3ccc(N(C)C)cc3)nc3ccccc3c2=O)cc1. The van der Waals surface area contributed by atoms with Gasteiger partial charge in [0.05, 0.1) is 23.7 Å². The zero-order valence-corrected chi connectivity index (χ0v) is 17.2. The number of fused-ring (bicyclic) bond motifs is 1. The van der Waals surface area contributed by atoms with E-state index in [1.807, 2.05) is 80.8 Å². The minimum absolute atomic E-state index is 0.103. The standard InChI is InChI=1S/C25H23N3O2/c1-27(2)19-11-8-18(9-12-19)10-17-24-26-23-7-5-4-6-22(23)25(29)28(24)20-13-15-21(30-3)16-14-20/h4-17H,1-3H3/b17-10+. The quantitative estimate of drug-likeness (QED) is 0.493. The lowest BCUT2D eigenvalue weighted by molar-refractivity contribution is 0.414. The monoisotopic (exact) mass is 397 g/mol. The zero-order valence-electron chi connectivity index (χ0n) is 17.2. The van der Waals surface area contributed by atoms with Crippen molar-refractivity contribution in [3.63, 3.8) is 0 Å². The summed E-state index contributed by atoms with van der Waals surface area (Å²) in [4.78, 5) is 20.1. The first-order valence-corrected chi connectivity index (χ1v) is 9.68. The number of ether oxygens (including phenoxy) is 1. The summed E-state index contributed by atoms with van der Waals surface area (Å²) in [6, 6.07) is 23.0. The molecular weight excluding hydrogens is 374 g/mol. The Morgan fingerprint density at radius 2 is 1.60 bits per heavy atom. The summed E-state index contributed by atoms with van der Waals surface area (Å²) in [5, 5.41) is 0.584. The van der Waals surface area contributed by atoms with E-state index < -0.39 is 0 Å². The summed E-state index contributed by atoms with van der Waals surface area (Å²) in [5.74, 6) is 1.30. The number of anilines is 1. The number of nitrogens with zero attached hydrogens (tertiary/aromatic N) is 3. The maximum absolute atomic E-state index is 13.3. The maximum Gasteiger partial charge on any atom is 0.266 e. The van der Waals surface area contributed by atoms with Crippen LogP contribution >= 0.6 is 0 Å². The predicted octanol–water partition coefficient (Wildman–Crippen LogP) is 4.63. The molecule has 0 aliphatic rings. The Labute approximate surface area is 175 Å². The number of para-hydroxylation sites is 1. The molecule has 0 atom stereocenters. The Hall–Kier alpha value is -3.86. The summed E-state index contributed by atoms with van der Waals surface area (Å²) in [6.45, 7) is 0. The van der Waals surface area contributed by atoms with Crippen LogP contribution in [0.2, 0.25) is 0 Å². The fourth-order valence-corrected chi connectivity index (χ4v) is 3.30. The number of hydrogen-bond acceptors (Lipinski definition) is 4. The summed E-state index contributed by atoms with van der Waals surface area (Å²) in [7, 11) is 5.64. The third-order valence-corrected chi connectivity index (χ3v) is 4.97. The van der Waals surface area contributed by atoms with E-state index in [9.17, 15) is 4.79 Å². The lowest BCUT2D eigenvalue weighted by Gasteiger charge is -2.13. The van der Waals surface area contributed by atoms with Gasteiger partial charge in [-0.1, -0.05) is 30.3 Å². The molecule has 0 N–H and O–H groups in total. The van der Waals surface area contributed by atoms with Gasteiger partial charge >= 0.3 is 0 Å². The molecule has 3 aromatic carbocycles. The van der Waals surface area contributed by atoms with E-state index in [1.54, 1.807) is 17.7 Å². The van der Waals surface area contributed by atoms with E-state index in [4.69, 9.17) is 9.72 Å². The van der Waals surface area contributed by atoms with Gasteiger partial charge in [0.1, 0.15) is 11.6 Å². The highest BCUT2D eigenvalue weighted by molar-refractivity contribution is 5.80. The topological polar surface area (TPSA) is 47.4 Å². The minimum Gasteiger partial charge on any atom is -0.497 e. The van der Waals surface area contributed by atoms with Crippen LogP contribution in [0.1, 0.15) is 11.4 Å². The minimum atomic E-state index is -0.103. The molecule has 5 heteroatoms. The van der Waals surface area contributed by atoms with E-state index in [0.717, 1.165) is 22.7 Å². The highest BCUT2D eigenvalue weighted by Gasteiger charge is 2.11. The fraction of sp³-hybridized carbons (Fsp3) is 0.120. The van der Waals surface area contributed by atoms with Gasteiger partial charge in [-0.05, 0) is 60.2 Å². The smallest absolute Gasteiger partial charge is 0.266 e. The van der Waals surface area contributed by atoms with Crippen molar-refractivity contribution in [2.24, 2.45) is 0 Å². The average molecular weight is 397 g/mol. The molecular formula is C25H23N3O2. The van der Waals surface area contributed by atoms with Crippen molar-refractivity contribution in [3.05, 3.63) is 94.5 Å². The molecule has 30 heavy (non-hydrogen) atoms. The molecule has 0 unspecified atom stereocenters. The van der Waals surface area contributed by atoms with E-state index in [0.29, 0.717) is 16.7 Å². The van der Waals surface area contributed by atoms with Gasteiger partial charge in [-0.25, -0.2) is 4.98 Å². The van der Waals surface area contributed by atoms with Crippen LogP contribution in [-0.4, -0.2) is 30.8 Å². The van der Waals surface area contributed by atoms with Gasteiger partial charge in [0.15, 0.2) is 0 Å². The molecule has 0 radical (unpaired) electrons. The second-order valence-corrected chi connectivity index (χ2v) is 7.15. The number of aromatic nitrogens is 2. The highest BCUT2D eigenvalue weighted by atomic mass is 16.5. The van der Waals surface area contributed by atoms with Gasteiger partial charge < -0.3 is 9.64 Å². The summed E-state index contributed by atoms with van der Waals surface area (Å²) in [5.41, 5.74) is 3.47. The van der Waals surface area contributed by atoms with Crippen molar-refractivity contribution < 1.29 is 4.74 Å². The number of benzene rings is 3. The Balaban J connectivity index is 1.83. The van der Waals surface area contributed by atoms with Gasteiger partial charge in [-0.3, -0.25) is 9.36 Å². The van der Waals surface area contributed by atoms with Crippen LogP contribution in [0.3, 0.4) is 0 Å². The fourth-order valence-electron chi connectivity index (χ4n) is 3.30. The Morgan fingerprint density at radius 3 is 2.27 bits per heavy atom. The number of hydrogen-bond donors (Lipinski definition) is 0. The lowest BCUT2D eigenvalue weighted by Crippen LogP contribution is -2.22. The van der Waals surface area contributed by atoms with Crippen molar-refractivity contribution in [3.8, 4) is 11.4 Å². The molecule has 0 saturated heterocycles. The molecule has 0 saturated carbocycles. The van der Waals surface area contributed by atoms with Crippen molar-refractivity contribution in [1.82, 2.24) is 9.55 Å². The Morgan fingerprint density at radius 1 is 0.900 bits per heavy atom. The van der Waals surface area contributed by atoms with Crippen LogP contribution in [0.4, 0.5) is 5.69 Å². The highest BCUT2D eigenvalue weighted by Crippen LogP contribution is 2.19. The van der Waals surface area contributed by atoms with Crippen LogP contribution < -0.4 is 15.2 Å². The normalized spacial score (nSPS) is 11.2. The van der Waals surface area contributed by atoms with Crippen LogP contribution in [0.25, 0.3) is 28.7 Å². The molecule has 5 nitrogen and oxygen atoms in total. The summed E-state index contributed by atoms with van der Waals surface area (Å²) < 4.78 is 6.88. The van der Waals surface area contributed by atoms with Crippen molar-refractivity contribution >= 4 is 28.7 Å². The van der Waals surface area contributed by atoms with Crippen molar-refractivity contribution in [2.45, 2.75) is 0 Å². The Kier molecular flexibility index (Phi) is 5.35. The van der Waals surface area contributed by atoms with E-state index in [2.05, 4.69) is 17.0 Å². The Bertz CT molecular complexity index is 1250. The van der Waals surface area contributed by atoms with Crippen LogP contribution in [0, 0.1) is 0 Å². The summed E-state index contributed by atoms with van der Waals surface area (Å²) >= 11 is 0. The largest absolute Gasteiger partial charge is 0.497 e. The van der Waals surface area contributed by atoms with Gasteiger partial charge in [-0.15, -0.1) is 0 Å². The van der Waals surface area contributed by atoms with Gasteiger partial charge in [0.25, 0.3) is 5.56 Å². The lowest BCUT2D eigenvalue weighted by atomic mass is 10.1. The molecule has 0 bridgehead atoms. The first kappa shape index (κ1) is 19.5. The second-order valence-electron chi connectivity index (χ2n) is 7.15. The van der Waals surface area contributed by atoms with E-state index >= 15 is 0 Å². The van der Waals surface area contributed by atoms with Crippen LogP contribution in [-0.2, 0) is 0 Å². The van der Waals surface area contributed by atoms with E-state index in [1.165, 1.54) is 0 Å². The third-order valence-electron chi connectivity index (χ3n) is 4.97. The molecule has 0 spiro atoms. The maximum atomic E-state index is 13.3. The predicted molar refractivity (Wildman–Crippen MR) is 124 cm³/mol. The zero-order chi connectivity index (χ0) is 21.1. The molecule has 0 amide bonds. The number of rotatable bonds is 5. The first-order chi connectivity index (χ1) is 14.6. The van der Waals surface area contributed by atoms with Crippen molar-refractivity contribution in [1.29, 1.82) is 0 Å². The molecule has 4 rings (SSSR count). The molecule has 0 aliphatic carbocycles. The van der Waals surface area contributed by atoms with Crippen molar-refractivity contribution in [2.75, 3.05) is 26.1 Å². The first-order valence-electron chi connectivity index (χ1n) is 9.68. The number of methoxy groups -OCH3 is 1. The van der Waals surface area contributed by atoms with Crippen LogP contribution in [0.5, 0.6) is 5.75 Å². The van der Waals surface area contributed by atoms with Gasteiger partial charge in [0.2, 0.25) is 0 Å². The molecule has 0 aliphatic heterocycles. The molecule has 1 aromatic heterocycles. The van der Waals surface area contributed by atoms with Crippen LogP contribution in [0.15, 0.2) is 77.6 Å². The van der Waals surface area contributed by atoms with Gasteiger partial charge in [0, 0.05) is 19.8 Å². The summed E-state index contributed by atoms with van der Waals surface area (Å²) in [6.07, 6.45) is 3.85. The van der Waals surface area contributed by atoms with Gasteiger partial charge in [-0.2, -0.15) is 0 Å². The average Bonchev–Trinajstić information content (AvgIpc) is 2.78. The van der Waals surface area contributed by atoms with E-state index in [-0.39, 0.29) is 5.56 Å². The second kappa shape index (κ2) is 8.25. The molecule has 4 aromatic rings.